The van der Waals surface area contributed by atoms with E-state index in [9.17, 15) is 0 Å². The van der Waals surface area contributed by atoms with Crippen LogP contribution in [0.3, 0.4) is 0 Å². The Bertz CT molecular complexity index is 471. The van der Waals surface area contributed by atoms with Gasteiger partial charge in [0.25, 0.3) is 0 Å². The minimum atomic E-state index is 0. The number of rotatable bonds is 7. The number of hydrogen-bond acceptors (Lipinski definition) is 4. The van der Waals surface area contributed by atoms with Crippen LogP contribution >= 0.6 is 24.0 Å². The van der Waals surface area contributed by atoms with Crippen molar-refractivity contribution in [1.82, 2.24) is 10.6 Å². The van der Waals surface area contributed by atoms with E-state index in [2.05, 4.69) is 15.6 Å². The van der Waals surface area contributed by atoms with Gasteiger partial charge in [-0.15, -0.1) is 24.0 Å². The monoisotopic (exact) mass is 421 g/mol. The van der Waals surface area contributed by atoms with E-state index in [1.54, 1.807) is 21.3 Å². The van der Waals surface area contributed by atoms with Crippen molar-refractivity contribution in [2.24, 2.45) is 4.99 Å². The Balaban J connectivity index is 0.00000242. The van der Waals surface area contributed by atoms with Crippen LogP contribution in [0.1, 0.15) is 12.8 Å². The van der Waals surface area contributed by atoms with Gasteiger partial charge in [-0.25, -0.2) is 0 Å². The molecule has 2 rings (SSSR count). The second-order valence-corrected chi connectivity index (χ2v) is 4.81. The molecular formula is C15H24IN3O3. The predicted molar refractivity (Wildman–Crippen MR) is 98.0 cm³/mol. The molecular weight excluding hydrogens is 397 g/mol. The largest absolute Gasteiger partial charge is 0.496 e. The van der Waals surface area contributed by atoms with Crippen LogP contribution < -0.4 is 24.8 Å². The van der Waals surface area contributed by atoms with E-state index in [1.807, 2.05) is 18.2 Å². The summed E-state index contributed by atoms with van der Waals surface area (Å²) >= 11 is 0. The van der Waals surface area contributed by atoms with Gasteiger partial charge in [0.15, 0.2) is 5.96 Å². The molecule has 0 aromatic heterocycles. The van der Waals surface area contributed by atoms with Crippen LogP contribution in [0.25, 0.3) is 0 Å². The molecule has 0 radical (unpaired) electrons. The van der Waals surface area contributed by atoms with Gasteiger partial charge in [-0.05, 0) is 12.8 Å². The number of aliphatic imine (C=N–C) groups is 1. The van der Waals surface area contributed by atoms with Gasteiger partial charge in [-0.1, -0.05) is 0 Å². The summed E-state index contributed by atoms with van der Waals surface area (Å²) in [4.78, 5) is 4.17. The van der Waals surface area contributed by atoms with Crippen molar-refractivity contribution >= 4 is 29.9 Å². The van der Waals surface area contributed by atoms with E-state index in [-0.39, 0.29) is 24.0 Å². The topological polar surface area (TPSA) is 64.1 Å². The van der Waals surface area contributed by atoms with Crippen molar-refractivity contribution in [3.05, 3.63) is 18.2 Å². The van der Waals surface area contributed by atoms with Gasteiger partial charge in [-0.3, -0.25) is 4.99 Å². The maximum atomic E-state index is 5.70. The van der Waals surface area contributed by atoms with Gasteiger partial charge in [0.05, 0.1) is 20.8 Å². The Kier molecular flexibility index (Phi) is 8.15. The third-order valence-corrected chi connectivity index (χ3v) is 3.13. The number of ether oxygens (including phenoxy) is 3. The normalized spacial score (nSPS) is 13.9. The van der Waals surface area contributed by atoms with Gasteiger partial charge in [0, 0.05) is 31.3 Å². The first-order valence-corrected chi connectivity index (χ1v) is 7.08. The number of methoxy groups -OCH3 is 2. The van der Waals surface area contributed by atoms with Crippen LogP contribution in [-0.4, -0.2) is 46.4 Å². The molecule has 22 heavy (non-hydrogen) atoms. The fraction of sp³-hybridized carbons (Fsp3) is 0.533. The maximum absolute atomic E-state index is 5.70. The maximum Gasteiger partial charge on any atom is 0.191 e. The summed E-state index contributed by atoms with van der Waals surface area (Å²) in [6.45, 7) is 1.20. The molecule has 124 valence electrons. The lowest BCUT2D eigenvalue weighted by Crippen LogP contribution is -2.40. The molecule has 1 aromatic carbocycles. The summed E-state index contributed by atoms with van der Waals surface area (Å²) in [6, 6.07) is 6.06. The lowest BCUT2D eigenvalue weighted by Gasteiger charge is -2.13. The summed E-state index contributed by atoms with van der Waals surface area (Å²) < 4.78 is 16.1. The smallest absolute Gasteiger partial charge is 0.191 e. The van der Waals surface area contributed by atoms with Gasteiger partial charge in [0.2, 0.25) is 0 Å². The highest BCUT2D eigenvalue weighted by Gasteiger charge is 2.21. The standard InChI is InChI=1S/C15H23N3O3.HI/c1-16-15(18-11-4-5-11)17-6-7-21-14-9-12(19-2)8-13(10-14)20-3;/h8-11H,4-7H2,1-3H3,(H2,16,17,18);1H. The highest BCUT2D eigenvalue weighted by Crippen LogP contribution is 2.27. The van der Waals surface area contributed by atoms with Crippen molar-refractivity contribution in [1.29, 1.82) is 0 Å². The number of hydrogen-bond donors (Lipinski definition) is 2. The molecule has 6 nitrogen and oxygen atoms in total. The molecule has 0 heterocycles. The van der Waals surface area contributed by atoms with Crippen LogP contribution in [0.4, 0.5) is 0 Å². The summed E-state index contributed by atoms with van der Waals surface area (Å²) in [6.07, 6.45) is 2.45. The quantitative estimate of drug-likeness (QED) is 0.305. The third kappa shape index (κ3) is 6.17. The predicted octanol–water partition coefficient (Wildman–Crippen LogP) is 2.03. The van der Waals surface area contributed by atoms with Gasteiger partial charge >= 0.3 is 0 Å². The Labute approximate surface area is 148 Å². The minimum Gasteiger partial charge on any atom is -0.496 e. The fourth-order valence-electron chi connectivity index (χ4n) is 1.82. The number of guanidine groups is 1. The highest BCUT2D eigenvalue weighted by molar-refractivity contribution is 14.0. The molecule has 0 aliphatic heterocycles. The molecule has 0 spiro atoms. The summed E-state index contributed by atoms with van der Waals surface area (Å²) in [5.41, 5.74) is 0. The van der Waals surface area contributed by atoms with Crippen molar-refractivity contribution in [3.8, 4) is 17.2 Å². The van der Waals surface area contributed by atoms with E-state index in [4.69, 9.17) is 14.2 Å². The molecule has 0 atom stereocenters. The Morgan fingerprint density at radius 2 is 1.73 bits per heavy atom. The average Bonchev–Trinajstić information content (AvgIpc) is 3.33. The van der Waals surface area contributed by atoms with Crippen molar-refractivity contribution in [2.75, 3.05) is 34.4 Å². The van der Waals surface area contributed by atoms with Crippen molar-refractivity contribution in [3.63, 3.8) is 0 Å². The Morgan fingerprint density at radius 3 is 2.23 bits per heavy atom. The Hall–Kier alpha value is -1.38. The molecule has 1 saturated carbocycles. The zero-order valence-corrected chi connectivity index (χ0v) is 15.5. The molecule has 1 fully saturated rings. The molecule has 2 N–H and O–H groups in total. The first kappa shape index (κ1) is 18.7. The zero-order valence-electron chi connectivity index (χ0n) is 13.2. The van der Waals surface area contributed by atoms with E-state index in [0.29, 0.717) is 30.7 Å². The van der Waals surface area contributed by atoms with Gasteiger partial charge in [-0.2, -0.15) is 0 Å². The molecule has 7 heteroatoms. The van der Waals surface area contributed by atoms with Crippen LogP contribution in [0.2, 0.25) is 0 Å². The van der Waals surface area contributed by atoms with Gasteiger partial charge < -0.3 is 24.8 Å². The summed E-state index contributed by atoms with van der Waals surface area (Å²) in [5, 5.41) is 6.54. The lowest BCUT2D eigenvalue weighted by molar-refractivity contribution is 0.315. The van der Waals surface area contributed by atoms with Gasteiger partial charge in [0.1, 0.15) is 23.9 Å². The molecule has 1 aliphatic carbocycles. The van der Waals surface area contributed by atoms with Crippen LogP contribution in [-0.2, 0) is 0 Å². The van der Waals surface area contributed by atoms with Crippen LogP contribution in [0, 0.1) is 0 Å². The van der Waals surface area contributed by atoms with E-state index in [0.717, 1.165) is 11.7 Å². The number of nitrogens with one attached hydrogen (secondary N) is 2. The molecule has 0 amide bonds. The first-order valence-electron chi connectivity index (χ1n) is 7.08. The number of nitrogens with zero attached hydrogens (tertiary/aromatic N) is 1. The molecule has 0 bridgehead atoms. The molecule has 1 aromatic rings. The van der Waals surface area contributed by atoms with E-state index < -0.39 is 0 Å². The number of halogens is 1. The van der Waals surface area contributed by atoms with E-state index >= 15 is 0 Å². The fourth-order valence-corrected chi connectivity index (χ4v) is 1.82. The van der Waals surface area contributed by atoms with Crippen molar-refractivity contribution in [2.45, 2.75) is 18.9 Å². The van der Waals surface area contributed by atoms with E-state index in [1.165, 1.54) is 12.8 Å². The first-order chi connectivity index (χ1) is 10.2. The second kappa shape index (κ2) is 9.60. The highest BCUT2D eigenvalue weighted by atomic mass is 127. The SMILES string of the molecule is CN=C(NCCOc1cc(OC)cc(OC)c1)NC1CC1.I. The number of benzene rings is 1. The molecule has 0 unspecified atom stereocenters. The Morgan fingerprint density at radius 1 is 1.14 bits per heavy atom. The lowest BCUT2D eigenvalue weighted by atomic mass is 10.3. The zero-order chi connectivity index (χ0) is 15.1. The molecule has 1 aliphatic rings. The third-order valence-electron chi connectivity index (χ3n) is 3.13. The second-order valence-electron chi connectivity index (χ2n) is 4.81. The van der Waals surface area contributed by atoms with Crippen LogP contribution in [0.15, 0.2) is 23.2 Å². The average molecular weight is 421 g/mol. The summed E-state index contributed by atoms with van der Waals surface area (Å²) in [5.74, 6) is 2.97. The minimum absolute atomic E-state index is 0. The summed E-state index contributed by atoms with van der Waals surface area (Å²) in [7, 11) is 5.01. The molecule has 0 saturated heterocycles. The van der Waals surface area contributed by atoms with Crippen LogP contribution in [0.5, 0.6) is 17.2 Å². The van der Waals surface area contributed by atoms with Crippen molar-refractivity contribution < 1.29 is 14.2 Å².